The van der Waals surface area contributed by atoms with Crippen LogP contribution in [-0.4, -0.2) is 36.3 Å². The van der Waals surface area contributed by atoms with Gasteiger partial charge in [0.15, 0.2) is 0 Å². The Hall–Kier alpha value is -2.73. The molecule has 0 saturated carbocycles. The van der Waals surface area contributed by atoms with Gasteiger partial charge in [0.1, 0.15) is 5.82 Å². The normalized spacial score (nSPS) is 16.2. The van der Waals surface area contributed by atoms with Crippen molar-refractivity contribution < 1.29 is 14.0 Å². The number of nitrogens with one attached hydrogen (secondary N) is 2. The average Bonchev–Trinajstić information content (AvgIpc) is 2.74. The summed E-state index contributed by atoms with van der Waals surface area (Å²) in [6, 6.07) is 16.0. The van der Waals surface area contributed by atoms with Gasteiger partial charge in [-0.2, -0.15) is 0 Å². The molecule has 1 aliphatic heterocycles. The highest BCUT2D eigenvalue weighted by Crippen LogP contribution is 2.18. The van der Waals surface area contributed by atoms with Crippen LogP contribution in [0.5, 0.6) is 0 Å². The van der Waals surface area contributed by atoms with Gasteiger partial charge in [0.05, 0.1) is 12.6 Å². The topological polar surface area (TPSA) is 61.4 Å². The molecule has 2 aromatic carbocycles. The number of hydrogen-bond acceptors (Lipinski definition) is 3. The Morgan fingerprint density at radius 2 is 1.72 bits per heavy atom. The molecule has 29 heavy (non-hydrogen) atoms. The molecule has 3 rings (SSSR count). The number of piperidine rings is 1. The highest BCUT2D eigenvalue weighted by molar-refractivity contribution is 5.79. The Bertz CT molecular complexity index is 803. The summed E-state index contributed by atoms with van der Waals surface area (Å²) in [5.41, 5.74) is 1.96. The fraction of sp³-hybridized carbons (Fsp3) is 0.391. The van der Waals surface area contributed by atoms with Crippen molar-refractivity contribution in [1.82, 2.24) is 15.5 Å². The van der Waals surface area contributed by atoms with Crippen molar-refractivity contribution in [3.8, 4) is 0 Å². The van der Waals surface area contributed by atoms with Crippen LogP contribution >= 0.6 is 0 Å². The Balaban J connectivity index is 1.37. The molecule has 154 valence electrons. The molecule has 1 aliphatic rings. The maximum absolute atomic E-state index is 12.9. The van der Waals surface area contributed by atoms with E-state index in [1.165, 1.54) is 12.1 Å². The summed E-state index contributed by atoms with van der Waals surface area (Å²) in [4.78, 5) is 26.8. The number of amides is 2. The Kier molecular flexibility index (Phi) is 7.36. The number of carbonyl (C=O) groups is 2. The van der Waals surface area contributed by atoms with Gasteiger partial charge in [-0.05, 0) is 56.1 Å². The molecule has 1 fully saturated rings. The smallest absolute Gasteiger partial charge is 0.234 e. The molecule has 0 radical (unpaired) electrons. The van der Waals surface area contributed by atoms with Crippen LogP contribution in [0.1, 0.15) is 36.9 Å². The maximum atomic E-state index is 12.9. The van der Waals surface area contributed by atoms with Crippen molar-refractivity contribution in [2.45, 2.75) is 32.4 Å². The third-order valence-electron chi connectivity index (χ3n) is 5.38. The Labute approximate surface area is 171 Å². The molecule has 0 bridgehead atoms. The molecule has 1 unspecified atom stereocenters. The van der Waals surface area contributed by atoms with Crippen LogP contribution in [-0.2, 0) is 16.1 Å². The van der Waals surface area contributed by atoms with E-state index in [9.17, 15) is 14.0 Å². The number of nitrogens with zero attached hydrogens (tertiary/aromatic N) is 1. The highest BCUT2D eigenvalue weighted by atomic mass is 19.1. The molecule has 0 aliphatic carbocycles. The van der Waals surface area contributed by atoms with Crippen LogP contribution in [0.4, 0.5) is 4.39 Å². The standard InChI is InChI=1S/C23H28FN3O2/c1-17(19-5-3-2-4-6-19)26-22(28)16-27-13-11-20(12-14-27)23(29)25-15-18-7-9-21(24)10-8-18/h2-10,17,20H,11-16H2,1H3,(H,25,29)(H,26,28). The largest absolute Gasteiger partial charge is 0.352 e. The number of likely N-dealkylation sites (tertiary alicyclic amines) is 1. The molecule has 0 spiro atoms. The Morgan fingerprint density at radius 3 is 2.38 bits per heavy atom. The summed E-state index contributed by atoms with van der Waals surface area (Å²) in [7, 11) is 0. The SMILES string of the molecule is CC(NC(=O)CN1CCC(C(=O)NCc2ccc(F)cc2)CC1)c1ccccc1. The molecular weight excluding hydrogens is 369 g/mol. The zero-order valence-electron chi connectivity index (χ0n) is 16.7. The minimum Gasteiger partial charge on any atom is -0.352 e. The van der Waals surface area contributed by atoms with E-state index in [4.69, 9.17) is 0 Å². The van der Waals surface area contributed by atoms with Gasteiger partial charge < -0.3 is 10.6 Å². The van der Waals surface area contributed by atoms with E-state index >= 15 is 0 Å². The fourth-order valence-corrected chi connectivity index (χ4v) is 3.60. The van der Waals surface area contributed by atoms with Gasteiger partial charge in [-0.15, -0.1) is 0 Å². The molecule has 2 amide bonds. The second-order valence-electron chi connectivity index (χ2n) is 7.59. The number of rotatable bonds is 7. The van der Waals surface area contributed by atoms with Gasteiger partial charge >= 0.3 is 0 Å². The number of benzene rings is 2. The van der Waals surface area contributed by atoms with Crippen LogP contribution in [0, 0.1) is 11.7 Å². The third-order valence-corrected chi connectivity index (χ3v) is 5.38. The van der Waals surface area contributed by atoms with Crippen molar-refractivity contribution in [3.63, 3.8) is 0 Å². The minimum atomic E-state index is -0.283. The molecule has 2 aromatic rings. The summed E-state index contributed by atoms with van der Waals surface area (Å²) in [5.74, 6) is -0.302. The zero-order valence-corrected chi connectivity index (χ0v) is 16.7. The van der Waals surface area contributed by atoms with Gasteiger partial charge in [0.2, 0.25) is 11.8 Å². The van der Waals surface area contributed by atoms with Crippen LogP contribution in [0.15, 0.2) is 54.6 Å². The van der Waals surface area contributed by atoms with Gasteiger partial charge in [0.25, 0.3) is 0 Å². The van der Waals surface area contributed by atoms with Crippen LogP contribution < -0.4 is 10.6 Å². The monoisotopic (exact) mass is 397 g/mol. The number of carbonyl (C=O) groups excluding carboxylic acids is 2. The van der Waals surface area contributed by atoms with Crippen LogP contribution in [0.2, 0.25) is 0 Å². The lowest BCUT2D eigenvalue weighted by Crippen LogP contribution is -2.44. The second kappa shape index (κ2) is 10.2. The number of halogens is 1. The predicted octanol–water partition coefficient (Wildman–Crippen LogP) is 3.03. The van der Waals surface area contributed by atoms with Gasteiger partial charge in [-0.3, -0.25) is 14.5 Å². The molecule has 1 atom stereocenters. The van der Waals surface area contributed by atoms with Crippen molar-refractivity contribution in [1.29, 1.82) is 0 Å². The predicted molar refractivity (Wildman–Crippen MR) is 110 cm³/mol. The van der Waals surface area contributed by atoms with E-state index in [1.54, 1.807) is 12.1 Å². The van der Waals surface area contributed by atoms with E-state index in [1.807, 2.05) is 37.3 Å². The zero-order chi connectivity index (χ0) is 20.6. The van der Waals surface area contributed by atoms with E-state index < -0.39 is 0 Å². The average molecular weight is 397 g/mol. The summed E-state index contributed by atoms with van der Waals surface area (Å²) >= 11 is 0. The summed E-state index contributed by atoms with van der Waals surface area (Å²) in [6.45, 7) is 4.18. The van der Waals surface area contributed by atoms with E-state index in [-0.39, 0.29) is 29.6 Å². The van der Waals surface area contributed by atoms with Crippen molar-refractivity contribution in [2.24, 2.45) is 5.92 Å². The highest BCUT2D eigenvalue weighted by Gasteiger charge is 2.26. The second-order valence-corrected chi connectivity index (χ2v) is 7.59. The van der Waals surface area contributed by atoms with E-state index in [0.29, 0.717) is 13.1 Å². The summed E-state index contributed by atoms with van der Waals surface area (Å²) in [6.07, 6.45) is 1.47. The van der Waals surface area contributed by atoms with Gasteiger partial charge in [0, 0.05) is 12.5 Å². The van der Waals surface area contributed by atoms with Gasteiger partial charge in [-0.1, -0.05) is 42.5 Å². The maximum Gasteiger partial charge on any atom is 0.234 e. The molecule has 0 aromatic heterocycles. The molecule has 1 saturated heterocycles. The first-order chi connectivity index (χ1) is 14.0. The lowest BCUT2D eigenvalue weighted by atomic mass is 9.95. The van der Waals surface area contributed by atoms with Crippen molar-refractivity contribution in [3.05, 3.63) is 71.5 Å². The fourth-order valence-electron chi connectivity index (χ4n) is 3.60. The van der Waals surface area contributed by atoms with E-state index in [2.05, 4.69) is 15.5 Å². The first-order valence-corrected chi connectivity index (χ1v) is 10.1. The van der Waals surface area contributed by atoms with Crippen molar-refractivity contribution >= 4 is 11.8 Å². The molecule has 5 nitrogen and oxygen atoms in total. The quantitative estimate of drug-likeness (QED) is 0.755. The first kappa shape index (κ1) is 21.0. The Morgan fingerprint density at radius 1 is 1.07 bits per heavy atom. The van der Waals surface area contributed by atoms with Crippen LogP contribution in [0.3, 0.4) is 0 Å². The lowest BCUT2D eigenvalue weighted by Gasteiger charge is -2.31. The molecular formula is C23H28FN3O2. The number of hydrogen-bond donors (Lipinski definition) is 2. The summed E-state index contributed by atoms with van der Waals surface area (Å²) in [5, 5.41) is 5.96. The van der Waals surface area contributed by atoms with Crippen molar-refractivity contribution in [2.75, 3.05) is 19.6 Å². The third kappa shape index (κ3) is 6.39. The van der Waals surface area contributed by atoms with Crippen LogP contribution in [0.25, 0.3) is 0 Å². The summed E-state index contributed by atoms with van der Waals surface area (Å²) < 4.78 is 12.9. The molecule has 6 heteroatoms. The minimum absolute atomic E-state index is 0.000523. The molecule has 1 heterocycles. The molecule has 2 N–H and O–H groups in total. The lowest BCUT2D eigenvalue weighted by molar-refractivity contribution is -0.127. The first-order valence-electron chi connectivity index (χ1n) is 10.1. The van der Waals surface area contributed by atoms with E-state index in [0.717, 1.165) is 37.1 Å². The van der Waals surface area contributed by atoms with Gasteiger partial charge in [-0.25, -0.2) is 4.39 Å².